The Morgan fingerprint density at radius 3 is 2.36 bits per heavy atom. The molecule has 3 nitrogen and oxygen atoms in total. The van der Waals surface area contributed by atoms with Gasteiger partial charge in [0.2, 0.25) is 0 Å². The van der Waals surface area contributed by atoms with Gasteiger partial charge in [0.25, 0.3) is 0 Å². The lowest BCUT2D eigenvalue weighted by molar-refractivity contribution is 0.475. The van der Waals surface area contributed by atoms with Gasteiger partial charge in [-0.05, 0) is 34.9 Å². The van der Waals surface area contributed by atoms with Crippen molar-refractivity contribution in [2.24, 2.45) is 0 Å². The quantitative estimate of drug-likeness (QED) is 0.778. The Balaban J connectivity index is 2.15. The number of phenols is 1. The van der Waals surface area contributed by atoms with Crippen LogP contribution in [0.1, 0.15) is 17.0 Å². The maximum atomic E-state index is 9.50. The van der Waals surface area contributed by atoms with Crippen molar-refractivity contribution in [3.63, 3.8) is 0 Å². The molecular formula is C19H16N2O. The number of benzene rings is 2. The highest BCUT2D eigenvalue weighted by Gasteiger charge is 2.07. The molecule has 0 fully saturated rings. The van der Waals surface area contributed by atoms with Gasteiger partial charge in [-0.2, -0.15) is 0 Å². The van der Waals surface area contributed by atoms with Crippen LogP contribution in [-0.2, 0) is 0 Å². The number of hydrogen-bond donors (Lipinski definition) is 1. The standard InChI is InChI=1S/C19H16N2O/c1-2-21-13-12-20-19(21)14-18(15-6-4-3-5-7-15)16-8-10-17(22)11-9-16/h2-14,22H,1H2/b18-14+. The topological polar surface area (TPSA) is 38.0 Å². The van der Waals surface area contributed by atoms with Gasteiger partial charge in [-0.15, -0.1) is 0 Å². The lowest BCUT2D eigenvalue weighted by Gasteiger charge is -2.09. The minimum Gasteiger partial charge on any atom is -0.508 e. The fourth-order valence-electron chi connectivity index (χ4n) is 2.31. The van der Waals surface area contributed by atoms with Crippen LogP contribution < -0.4 is 0 Å². The van der Waals surface area contributed by atoms with E-state index in [0.717, 1.165) is 22.5 Å². The number of phenolic OH excluding ortho intramolecular Hbond substituents is 1. The molecule has 0 spiro atoms. The first kappa shape index (κ1) is 13.9. The zero-order valence-corrected chi connectivity index (χ0v) is 12.1. The average Bonchev–Trinajstić information content (AvgIpc) is 3.02. The van der Waals surface area contributed by atoms with Gasteiger partial charge in [-0.25, -0.2) is 4.98 Å². The van der Waals surface area contributed by atoms with E-state index in [0.29, 0.717) is 0 Å². The summed E-state index contributed by atoms with van der Waals surface area (Å²) in [5.74, 6) is 1.06. The van der Waals surface area contributed by atoms with Gasteiger partial charge >= 0.3 is 0 Å². The molecule has 0 saturated carbocycles. The Hall–Kier alpha value is -3.07. The van der Waals surface area contributed by atoms with Crippen molar-refractivity contribution in [2.75, 3.05) is 0 Å². The van der Waals surface area contributed by atoms with Crippen molar-refractivity contribution in [3.05, 3.63) is 90.5 Å². The average molecular weight is 288 g/mol. The summed E-state index contributed by atoms with van der Waals surface area (Å²) in [6, 6.07) is 17.3. The van der Waals surface area contributed by atoms with Gasteiger partial charge in [-0.3, -0.25) is 0 Å². The lowest BCUT2D eigenvalue weighted by atomic mass is 9.97. The molecule has 0 aliphatic rings. The summed E-state index contributed by atoms with van der Waals surface area (Å²) >= 11 is 0. The van der Waals surface area contributed by atoms with Crippen molar-refractivity contribution >= 4 is 17.8 Å². The monoisotopic (exact) mass is 288 g/mol. The number of imidazole rings is 1. The van der Waals surface area contributed by atoms with Crippen LogP contribution in [-0.4, -0.2) is 14.7 Å². The first-order chi connectivity index (χ1) is 10.8. The third kappa shape index (κ3) is 2.83. The third-order valence-corrected chi connectivity index (χ3v) is 3.43. The van der Waals surface area contributed by atoms with Gasteiger partial charge < -0.3 is 9.67 Å². The van der Waals surface area contributed by atoms with E-state index in [-0.39, 0.29) is 5.75 Å². The second kappa shape index (κ2) is 6.14. The third-order valence-electron chi connectivity index (χ3n) is 3.43. The highest BCUT2D eigenvalue weighted by molar-refractivity contribution is 5.90. The van der Waals surface area contributed by atoms with Crippen molar-refractivity contribution in [1.29, 1.82) is 0 Å². The van der Waals surface area contributed by atoms with E-state index >= 15 is 0 Å². The van der Waals surface area contributed by atoms with Crippen LogP contribution in [0.15, 0.2) is 73.6 Å². The van der Waals surface area contributed by atoms with E-state index in [9.17, 15) is 5.11 Å². The second-order valence-electron chi connectivity index (χ2n) is 4.85. The summed E-state index contributed by atoms with van der Waals surface area (Å²) < 4.78 is 1.86. The maximum Gasteiger partial charge on any atom is 0.137 e. The number of nitrogens with zero attached hydrogens (tertiary/aromatic N) is 2. The molecule has 1 aromatic heterocycles. The Labute approximate surface area is 129 Å². The van der Waals surface area contributed by atoms with Crippen molar-refractivity contribution < 1.29 is 5.11 Å². The summed E-state index contributed by atoms with van der Waals surface area (Å²) in [5.41, 5.74) is 3.14. The Kier molecular flexibility index (Phi) is 3.88. The van der Waals surface area contributed by atoms with Crippen LogP contribution >= 0.6 is 0 Å². The SMILES string of the molecule is C=Cn1ccnc1/C=C(\c1ccccc1)c1ccc(O)cc1. The van der Waals surface area contributed by atoms with Gasteiger partial charge in [0.05, 0.1) is 0 Å². The molecule has 3 rings (SSSR count). The van der Waals surface area contributed by atoms with E-state index in [1.54, 1.807) is 24.5 Å². The van der Waals surface area contributed by atoms with Gasteiger partial charge in [0.15, 0.2) is 0 Å². The van der Waals surface area contributed by atoms with E-state index in [1.165, 1.54) is 0 Å². The Morgan fingerprint density at radius 1 is 1.00 bits per heavy atom. The van der Waals surface area contributed by atoms with Gasteiger partial charge in [0.1, 0.15) is 11.6 Å². The maximum absolute atomic E-state index is 9.50. The number of hydrogen-bond acceptors (Lipinski definition) is 2. The second-order valence-corrected chi connectivity index (χ2v) is 4.85. The first-order valence-electron chi connectivity index (χ1n) is 7.00. The van der Waals surface area contributed by atoms with E-state index < -0.39 is 0 Å². The van der Waals surface area contributed by atoms with E-state index in [1.807, 2.05) is 47.2 Å². The molecule has 3 heteroatoms. The highest BCUT2D eigenvalue weighted by atomic mass is 16.3. The van der Waals surface area contributed by atoms with Crippen LogP contribution in [0.25, 0.3) is 17.8 Å². The molecule has 1 heterocycles. The molecule has 1 N–H and O–H groups in total. The lowest BCUT2D eigenvalue weighted by Crippen LogP contribution is -1.92. The smallest absolute Gasteiger partial charge is 0.137 e. The van der Waals surface area contributed by atoms with Crippen molar-refractivity contribution in [2.45, 2.75) is 0 Å². The highest BCUT2D eigenvalue weighted by Crippen LogP contribution is 2.27. The van der Waals surface area contributed by atoms with Crippen molar-refractivity contribution in [1.82, 2.24) is 9.55 Å². The predicted molar refractivity (Wildman–Crippen MR) is 90.1 cm³/mol. The number of aromatic nitrogens is 2. The summed E-state index contributed by atoms with van der Waals surface area (Å²) in [6.45, 7) is 3.79. The molecule has 0 aliphatic heterocycles. The molecule has 3 aromatic rings. The van der Waals surface area contributed by atoms with E-state index in [4.69, 9.17) is 0 Å². The fraction of sp³-hybridized carbons (Fsp3) is 0. The summed E-state index contributed by atoms with van der Waals surface area (Å²) in [4.78, 5) is 4.36. The zero-order valence-electron chi connectivity index (χ0n) is 12.1. The molecule has 0 unspecified atom stereocenters. The molecule has 0 radical (unpaired) electrons. The normalized spacial score (nSPS) is 11.4. The summed E-state index contributed by atoms with van der Waals surface area (Å²) in [5, 5.41) is 9.50. The summed E-state index contributed by atoms with van der Waals surface area (Å²) in [7, 11) is 0. The van der Waals surface area contributed by atoms with Crippen LogP contribution in [0.5, 0.6) is 5.75 Å². The summed E-state index contributed by atoms with van der Waals surface area (Å²) in [6.07, 6.45) is 7.34. The van der Waals surface area contributed by atoms with Crippen LogP contribution in [0, 0.1) is 0 Å². The van der Waals surface area contributed by atoms with Crippen LogP contribution in [0.3, 0.4) is 0 Å². The minimum absolute atomic E-state index is 0.253. The van der Waals surface area contributed by atoms with E-state index in [2.05, 4.69) is 23.7 Å². The first-order valence-corrected chi connectivity index (χ1v) is 7.00. The molecule has 0 atom stereocenters. The molecule has 0 saturated heterocycles. The van der Waals surface area contributed by atoms with Gasteiger partial charge in [-0.1, -0.05) is 49.0 Å². The molecular weight excluding hydrogens is 272 g/mol. The van der Waals surface area contributed by atoms with Gasteiger partial charge in [0, 0.05) is 18.6 Å². The molecule has 22 heavy (non-hydrogen) atoms. The number of aromatic hydroxyl groups is 1. The molecule has 0 bridgehead atoms. The fourth-order valence-corrected chi connectivity index (χ4v) is 2.31. The van der Waals surface area contributed by atoms with Crippen molar-refractivity contribution in [3.8, 4) is 5.75 Å². The minimum atomic E-state index is 0.253. The Bertz CT molecular complexity index is 799. The largest absolute Gasteiger partial charge is 0.508 e. The molecule has 0 amide bonds. The molecule has 2 aromatic carbocycles. The molecule has 0 aliphatic carbocycles. The number of rotatable bonds is 4. The predicted octanol–water partition coefficient (Wildman–Crippen LogP) is 4.28. The van der Waals surface area contributed by atoms with Crippen LogP contribution in [0.2, 0.25) is 0 Å². The Morgan fingerprint density at radius 2 is 1.68 bits per heavy atom. The molecule has 108 valence electrons. The zero-order chi connectivity index (χ0) is 15.4. The van der Waals surface area contributed by atoms with Crippen LogP contribution in [0.4, 0.5) is 0 Å².